The standard InChI is InChI=1S/C17H27F2NO4/c18-17(19,16(23)7-2-1-3-8-16)15(22)20-9-4-5-13(20)12-11-24-10-6-14(12)21/h12-14,21,23H,1-11H2/t12-,13-,14+/m1/s1. The number of rotatable bonds is 3. The molecule has 138 valence electrons. The van der Waals surface area contributed by atoms with Crippen molar-refractivity contribution in [2.24, 2.45) is 5.92 Å². The molecule has 1 saturated carbocycles. The molecule has 1 amide bonds. The van der Waals surface area contributed by atoms with Crippen LogP contribution in [0.4, 0.5) is 8.78 Å². The molecule has 24 heavy (non-hydrogen) atoms. The van der Waals surface area contributed by atoms with E-state index in [1.807, 2.05) is 0 Å². The van der Waals surface area contributed by atoms with Gasteiger partial charge in [0.25, 0.3) is 5.91 Å². The van der Waals surface area contributed by atoms with Gasteiger partial charge >= 0.3 is 5.92 Å². The van der Waals surface area contributed by atoms with E-state index in [-0.39, 0.29) is 31.9 Å². The Kier molecular flexibility index (Phi) is 5.14. The van der Waals surface area contributed by atoms with Crippen LogP contribution in [0.2, 0.25) is 0 Å². The Balaban J connectivity index is 1.77. The summed E-state index contributed by atoms with van der Waals surface area (Å²) >= 11 is 0. The minimum absolute atomic E-state index is 0.0423. The molecule has 7 heteroatoms. The lowest BCUT2D eigenvalue weighted by Gasteiger charge is -2.42. The molecule has 3 atom stereocenters. The predicted molar refractivity (Wildman–Crippen MR) is 82.6 cm³/mol. The fourth-order valence-corrected chi connectivity index (χ4v) is 4.44. The topological polar surface area (TPSA) is 70.0 Å². The third-order valence-corrected chi connectivity index (χ3v) is 5.95. The van der Waals surface area contributed by atoms with Crippen LogP contribution in [0.5, 0.6) is 0 Å². The lowest BCUT2D eigenvalue weighted by molar-refractivity contribution is -0.212. The Morgan fingerprint density at radius 3 is 2.54 bits per heavy atom. The summed E-state index contributed by atoms with van der Waals surface area (Å²) in [7, 11) is 0. The van der Waals surface area contributed by atoms with Gasteiger partial charge in [0, 0.05) is 25.1 Å². The van der Waals surface area contributed by atoms with E-state index in [1.165, 1.54) is 4.90 Å². The van der Waals surface area contributed by atoms with Crippen LogP contribution in [0.3, 0.4) is 0 Å². The molecule has 0 unspecified atom stereocenters. The predicted octanol–water partition coefficient (Wildman–Crippen LogP) is 1.71. The minimum Gasteiger partial charge on any atom is -0.393 e. The molecule has 3 fully saturated rings. The highest BCUT2D eigenvalue weighted by molar-refractivity contribution is 5.85. The van der Waals surface area contributed by atoms with Crippen LogP contribution in [0.1, 0.15) is 51.4 Å². The number of likely N-dealkylation sites (tertiary alicyclic amines) is 1. The summed E-state index contributed by atoms with van der Waals surface area (Å²) in [4.78, 5) is 13.8. The van der Waals surface area contributed by atoms with Crippen molar-refractivity contribution in [2.75, 3.05) is 19.8 Å². The first kappa shape index (κ1) is 18.0. The summed E-state index contributed by atoms with van der Waals surface area (Å²) in [6.07, 6.45) is 2.80. The van der Waals surface area contributed by atoms with Crippen LogP contribution < -0.4 is 0 Å². The van der Waals surface area contributed by atoms with Gasteiger partial charge in [-0.3, -0.25) is 4.79 Å². The van der Waals surface area contributed by atoms with Crippen molar-refractivity contribution in [1.29, 1.82) is 0 Å². The van der Waals surface area contributed by atoms with Crippen molar-refractivity contribution in [3.8, 4) is 0 Å². The van der Waals surface area contributed by atoms with E-state index in [0.717, 1.165) is 6.42 Å². The van der Waals surface area contributed by atoms with Gasteiger partial charge in [0.05, 0.1) is 12.7 Å². The second kappa shape index (κ2) is 6.84. The zero-order valence-corrected chi connectivity index (χ0v) is 13.9. The number of alkyl halides is 2. The number of carbonyl (C=O) groups excluding carboxylic acids is 1. The number of nitrogens with zero attached hydrogens (tertiary/aromatic N) is 1. The fraction of sp³-hybridized carbons (Fsp3) is 0.941. The van der Waals surface area contributed by atoms with Crippen LogP contribution in [-0.4, -0.2) is 64.4 Å². The lowest BCUT2D eigenvalue weighted by Crippen LogP contribution is -2.61. The number of amides is 1. The van der Waals surface area contributed by atoms with Crippen LogP contribution in [-0.2, 0) is 9.53 Å². The molecule has 2 saturated heterocycles. The van der Waals surface area contributed by atoms with Crippen molar-refractivity contribution in [3.63, 3.8) is 0 Å². The van der Waals surface area contributed by atoms with Crippen molar-refractivity contribution in [1.82, 2.24) is 4.90 Å². The smallest absolute Gasteiger partial charge is 0.352 e. The first-order valence-corrected chi connectivity index (χ1v) is 9.04. The number of aliphatic hydroxyl groups excluding tert-OH is 1. The van der Waals surface area contributed by atoms with E-state index in [1.54, 1.807) is 0 Å². The van der Waals surface area contributed by atoms with Gasteiger partial charge in [0.15, 0.2) is 0 Å². The molecule has 1 aliphatic carbocycles. The quantitative estimate of drug-likeness (QED) is 0.815. The highest BCUT2D eigenvalue weighted by atomic mass is 19.3. The van der Waals surface area contributed by atoms with Crippen LogP contribution in [0.15, 0.2) is 0 Å². The minimum atomic E-state index is -3.78. The summed E-state index contributed by atoms with van der Waals surface area (Å²) in [5.41, 5.74) is -2.24. The third-order valence-electron chi connectivity index (χ3n) is 5.95. The molecule has 0 radical (unpaired) electrons. The normalized spacial score (nSPS) is 34.3. The highest BCUT2D eigenvalue weighted by Gasteiger charge is 2.60. The van der Waals surface area contributed by atoms with E-state index >= 15 is 0 Å². The van der Waals surface area contributed by atoms with Crippen molar-refractivity contribution in [3.05, 3.63) is 0 Å². The Labute approximate surface area is 141 Å². The van der Waals surface area contributed by atoms with Gasteiger partial charge < -0.3 is 19.8 Å². The Morgan fingerprint density at radius 2 is 1.88 bits per heavy atom. The van der Waals surface area contributed by atoms with Crippen LogP contribution in [0, 0.1) is 5.92 Å². The first-order chi connectivity index (χ1) is 11.4. The molecule has 0 aromatic heterocycles. The summed E-state index contributed by atoms with van der Waals surface area (Å²) in [5, 5.41) is 20.6. The van der Waals surface area contributed by atoms with Gasteiger partial charge in [-0.05, 0) is 32.1 Å². The molecule has 0 bridgehead atoms. The van der Waals surface area contributed by atoms with Gasteiger partial charge in [-0.1, -0.05) is 19.3 Å². The number of hydrogen-bond acceptors (Lipinski definition) is 4. The van der Waals surface area contributed by atoms with Gasteiger partial charge in [0.2, 0.25) is 0 Å². The fourth-order valence-electron chi connectivity index (χ4n) is 4.44. The van der Waals surface area contributed by atoms with Crippen molar-refractivity contribution < 1.29 is 28.5 Å². The SMILES string of the molecule is O=C(N1CCC[C@@H]1[C@H]1COCC[C@@H]1O)C(F)(F)C1(O)CCCCC1. The van der Waals surface area contributed by atoms with E-state index in [4.69, 9.17) is 4.74 Å². The lowest BCUT2D eigenvalue weighted by atomic mass is 9.79. The molecule has 0 spiro atoms. The Morgan fingerprint density at radius 1 is 1.17 bits per heavy atom. The second-order valence-electron chi connectivity index (χ2n) is 7.47. The monoisotopic (exact) mass is 347 g/mol. The third kappa shape index (κ3) is 3.06. The molecule has 3 aliphatic rings. The maximum atomic E-state index is 14.8. The van der Waals surface area contributed by atoms with E-state index in [9.17, 15) is 23.8 Å². The largest absolute Gasteiger partial charge is 0.393 e. The van der Waals surface area contributed by atoms with Gasteiger partial charge in [-0.15, -0.1) is 0 Å². The van der Waals surface area contributed by atoms with Crippen molar-refractivity contribution in [2.45, 2.75) is 75.0 Å². The zero-order valence-electron chi connectivity index (χ0n) is 13.9. The summed E-state index contributed by atoms with van der Waals surface area (Å²) in [6, 6.07) is -0.439. The summed E-state index contributed by atoms with van der Waals surface area (Å²) < 4.78 is 35.1. The molecular formula is C17H27F2NO4. The maximum absolute atomic E-state index is 14.8. The maximum Gasteiger partial charge on any atom is 0.352 e. The summed E-state index contributed by atoms with van der Waals surface area (Å²) in [6.45, 7) is 0.984. The molecule has 0 aromatic carbocycles. The molecule has 5 nitrogen and oxygen atoms in total. The Hall–Kier alpha value is -0.790. The van der Waals surface area contributed by atoms with E-state index in [2.05, 4.69) is 0 Å². The Bertz CT molecular complexity index is 468. The number of carbonyl (C=O) groups is 1. The number of aliphatic hydroxyl groups is 2. The van der Waals surface area contributed by atoms with Gasteiger partial charge in [-0.2, -0.15) is 8.78 Å². The van der Waals surface area contributed by atoms with Crippen molar-refractivity contribution >= 4 is 5.91 Å². The molecule has 2 N–H and O–H groups in total. The molecule has 0 aromatic rings. The highest BCUT2D eigenvalue weighted by Crippen LogP contribution is 2.43. The zero-order chi connectivity index (χ0) is 17.4. The second-order valence-corrected chi connectivity index (χ2v) is 7.47. The molecule has 2 heterocycles. The number of ether oxygens (including phenoxy) is 1. The van der Waals surface area contributed by atoms with Gasteiger partial charge in [0.1, 0.15) is 5.60 Å². The first-order valence-electron chi connectivity index (χ1n) is 9.04. The number of halogens is 2. The van der Waals surface area contributed by atoms with Gasteiger partial charge in [-0.25, -0.2) is 0 Å². The average molecular weight is 347 g/mol. The van der Waals surface area contributed by atoms with E-state index < -0.39 is 29.6 Å². The molecule has 2 aliphatic heterocycles. The summed E-state index contributed by atoms with van der Waals surface area (Å²) in [5.74, 6) is -5.40. The average Bonchev–Trinajstić information content (AvgIpc) is 3.04. The van der Waals surface area contributed by atoms with E-state index in [0.29, 0.717) is 38.7 Å². The molecular weight excluding hydrogens is 320 g/mol. The van der Waals surface area contributed by atoms with Crippen LogP contribution >= 0.6 is 0 Å². The molecule has 3 rings (SSSR count). The number of hydrogen-bond donors (Lipinski definition) is 2. The van der Waals surface area contributed by atoms with Crippen LogP contribution in [0.25, 0.3) is 0 Å².